The lowest BCUT2D eigenvalue weighted by atomic mass is 10.1. The Morgan fingerprint density at radius 1 is 1.21 bits per heavy atom. The van der Waals surface area contributed by atoms with Gasteiger partial charge in [0.05, 0.1) is 45.5 Å². The van der Waals surface area contributed by atoms with E-state index < -0.39 is 0 Å². The van der Waals surface area contributed by atoms with E-state index in [2.05, 4.69) is 22.2 Å². The van der Waals surface area contributed by atoms with Crippen molar-refractivity contribution in [2.45, 2.75) is 19.9 Å². The molecule has 0 saturated carbocycles. The normalized spacial score (nSPS) is 17.4. The molecule has 0 aliphatic carbocycles. The Balaban J connectivity index is 1.54. The average molecular weight is 385 g/mol. The number of benzene rings is 1. The number of rotatable bonds is 2. The van der Waals surface area contributed by atoms with Crippen molar-refractivity contribution < 1.29 is 14.1 Å². The number of carbonyl (C=O) groups is 1. The number of likely N-dealkylation sites (N-methyl/N-ethyl adjacent to an activating group) is 1. The first kappa shape index (κ1) is 18.6. The van der Waals surface area contributed by atoms with E-state index in [9.17, 15) is 9.18 Å². The third-order valence-electron chi connectivity index (χ3n) is 5.43. The van der Waals surface area contributed by atoms with Gasteiger partial charge in [0.1, 0.15) is 17.5 Å². The Bertz CT molecular complexity index is 881. The van der Waals surface area contributed by atoms with Crippen LogP contribution in [0.4, 0.5) is 20.7 Å². The number of urea groups is 1. The summed E-state index contributed by atoms with van der Waals surface area (Å²) in [4.78, 5) is 27.6. The van der Waals surface area contributed by atoms with E-state index in [0.29, 0.717) is 25.2 Å². The number of quaternary nitrogens is 1. The number of anilines is 2. The molecule has 2 aliphatic rings. The van der Waals surface area contributed by atoms with Crippen molar-refractivity contribution in [3.05, 3.63) is 47.2 Å². The Hall–Kier alpha value is -2.74. The van der Waals surface area contributed by atoms with E-state index in [-0.39, 0.29) is 11.8 Å². The monoisotopic (exact) mass is 385 g/mol. The molecule has 28 heavy (non-hydrogen) atoms. The van der Waals surface area contributed by atoms with Crippen LogP contribution in [0.5, 0.6) is 0 Å². The van der Waals surface area contributed by atoms with Gasteiger partial charge in [-0.05, 0) is 25.1 Å². The molecule has 1 aromatic heterocycles. The molecule has 1 aromatic carbocycles. The highest BCUT2D eigenvalue weighted by atomic mass is 19.1. The quantitative estimate of drug-likeness (QED) is 0.805. The molecular formula is C20H26FN6O+. The zero-order valence-electron chi connectivity index (χ0n) is 16.3. The van der Waals surface area contributed by atoms with Gasteiger partial charge in [0.15, 0.2) is 0 Å². The minimum atomic E-state index is -0.370. The molecule has 7 nitrogen and oxygen atoms in total. The van der Waals surface area contributed by atoms with E-state index in [4.69, 9.17) is 4.98 Å². The predicted molar refractivity (Wildman–Crippen MR) is 105 cm³/mol. The second kappa shape index (κ2) is 7.71. The van der Waals surface area contributed by atoms with Crippen LogP contribution in [0.25, 0.3) is 0 Å². The molecule has 0 bridgehead atoms. The van der Waals surface area contributed by atoms with Gasteiger partial charge in [-0.25, -0.2) is 19.2 Å². The number of carbonyl (C=O) groups excluding carboxylic acids is 1. The molecule has 0 atom stereocenters. The van der Waals surface area contributed by atoms with E-state index in [0.717, 1.165) is 49.1 Å². The van der Waals surface area contributed by atoms with Crippen LogP contribution < -0.4 is 15.1 Å². The molecule has 0 radical (unpaired) electrons. The van der Waals surface area contributed by atoms with Gasteiger partial charge >= 0.3 is 6.03 Å². The average Bonchev–Trinajstić information content (AvgIpc) is 2.67. The fourth-order valence-corrected chi connectivity index (χ4v) is 3.82. The van der Waals surface area contributed by atoms with Crippen molar-refractivity contribution in [3.63, 3.8) is 0 Å². The maximum atomic E-state index is 13.4. The van der Waals surface area contributed by atoms with Crippen LogP contribution in [0.2, 0.25) is 0 Å². The molecule has 1 saturated heterocycles. The van der Waals surface area contributed by atoms with Crippen LogP contribution in [-0.2, 0) is 13.0 Å². The molecule has 4 rings (SSSR count). The van der Waals surface area contributed by atoms with E-state index >= 15 is 0 Å². The van der Waals surface area contributed by atoms with Crippen LogP contribution in [0.15, 0.2) is 24.3 Å². The van der Waals surface area contributed by atoms with Gasteiger partial charge in [0.2, 0.25) is 0 Å². The lowest BCUT2D eigenvalue weighted by Crippen LogP contribution is -3.12. The minimum absolute atomic E-state index is 0.231. The molecule has 1 fully saturated rings. The summed E-state index contributed by atoms with van der Waals surface area (Å²) in [6.45, 7) is 7.01. The number of nitrogens with one attached hydrogen (secondary N) is 2. The Morgan fingerprint density at radius 3 is 2.75 bits per heavy atom. The molecule has 0 spiro atoms. The Kier molecular flexibility index (Phi) is 5.13. The summed E-state index contributed by atoms with van der Waals surface area (Å²) in [5.41, 5.74) is 2.52. The van der Waals surface area contributed by atoms with Crippen molar-refractivity contribution in [1.82, 2.24) is 14.9 Å². The summed E-state index contributed by atoms with van der Waals surface area (Å²) in [5.74, 6) is 1.36. The van der Waals surface area contributed by atoms with Crippen LogP contribution in [-0.4, -0.2) is 60.7 Å². The van der Waals surface area contributed by atoms with Gasteiger partial charge in [0.25, 0.3) is 0 Å². The Morgan fingerprint density at radius 2 is 2.00 bits per heavy atom. The minimum Gasteiger partial charge on any atom is -0.345 e. The van der Waals surface area contributed by atoms with Gasteiger partial charge in [-0.15, -0.1) is 0 Å². The fourth-order valence-electron chi connectivity index (χ4n) is 3.82. The standard InChI is InChI=1S/C20H25FN6O/c1-14-22-18-6-7-27(20(28)24-16-5-3-4-15(21)12-16)13-17(18)19(23-14)26-10-8-25(2)9-11-26/h3-5,12H,6-11,13H2,1-2H3,(H,24,28)/p+1. The van der Waals surface area contributed by atoms with Crippen LogP contribution in [0.1, 0.15) is 17.1 Å². The second-order valence-corrected chi connectivity index (χ2v) is 7.58. The summed E-state index contributed by atoms with van der Waals surface area (Å²) >= 11 is 0. The van der Waals surface area contributed by atoms with Crippen molar-refractivity contribution in [2.75, 3.05) is 50.0 Å². The highest BCUT2D eigenvalue weighted by molar-refractivity contribution is 5.89. The van der Waals surface area contributed by atoms with E-state index in [1.54, 1.807) is 17.0 Å². The molecule has 8 heteroatoms. The molecule has 2 aliphatic heterocycles. The van der Waals surface area contributed by atoms with Gasteiger partial charge in [-0.3, -0.25) is 0 Å². The van der Waals surface area contributed by atoms with Crippen molar-refractivity contribution >= 4 is 17.5 Å². The van der Waals surface area contributed by atoms with Gasteiger partial charge in [0, 0.05) is 24.2 Å². The predicted octanol–water partition coefficient (Wildman–Crippen LogP) is 0.849. The number of hydrogen-bond acceptors (Lipinski definition) is 4. The van der Waals surface area contributed by atoms with Gasteiger partial charge < -0.3 is 20.0 Å². The number of nitrogens with zero attached hydrogens (tertiary/aromatic N) is 4. The molecule has 148 valence electrons. The number of aromatic nitrogens is 2. The summed E-state index contributed by atoms with van der Waals surface area (Å²) in [6.07, 6.45) is 0.696. The number of halogens is 1. The zero-order chi connectivity index (χ0) is 19.7. The highest BCUT2D eigenvalue weighted by Gasteiger charge is 2.29. The van der Waals surface area contributed by atoms with Crippen LogP contribution >= 0.6 is 0 Å². The number of amides is 2. The third kappa shape index (κ3) is 3.91. The molecule has 0 unspecified atom stereocenters. The van der Waals surface area contributed by atoms with Crippen LogP contribution in [0, 0.1) is 12.7 Å². The van der Waals surface area contributed by atoms with Gasteiger partial charge in [-0.1, -0.05) is 6.07 Å². The summed E-state index contributed by atoms with van der Waals surface area (Å²) < 4.78 is 13.4. The highest BCUT2D eigenvalue weighted by Crippen LogP contribution is 2.27. The lowest BCUT2D eigenvalue weighted by molar-refractivity contribution is -0.880. The summed E-state index contributed by atoms with van der Waals surface area (Å²) in [5, 5.41) is 2.79. The van der Waals surface area contributed by atoms with E-state index in [1.165, 1.54) is 17.0 Å². The Labute approximate surface area is 164 Å². The van der Waals surface area contributed by atoms with E-state index in [1.807, 2.05) is 6.92 Å². The molecular weight excluding hydrogens is 359 g/mol. The fraction of sp³-hybridized carbons (Fsp3) is 0.450. The second-order valence-electron chi connectivity index (χ2n) is 7.58. The maximum Gasteiger partial charge on any atom is 0.322 e. The number of hydrogen-bond donors (Lipinski definition) is 2. The molecule has 2 aromatic rings. The topological polar surface area (TPSA) is 65.8 Å². The summed E-state index contributed by atoms with van der Waals surface area (Å²) in [6, 6.07) is 5.71. The zero-order valence-corrected chi connectivity index (χ0v) is 16.3. The van der Waals surface area contributed by atoms with Crippen molar-refractivity contribution in [3.8, 4) is 0 Å². The number of fused-ring (bicyclic) bond motifs is 1. The third-order valence-corrected chi connectivity index (χ3v) is 5.43. The molecule has 2 amide bonds. The lowest BCUT2D eigenvalue weighted by Gasteiger charge is -2.35. The molecule has 3 heterocycles. The first-order valence-corrected chi connectivity index (χ1v) is 9.74. The number of aryl methyl sites for hydroxylation is 1. The smallest absolute Gasteiger partial charge is 0.322 e. The first-order valence-electron chi connectivity index (χ1n) is 9.74. The van der Waals surface area contributed by atoms with Crippen molar-refractivity contribution in [1.29, 1.82) is 0 Å². The SMILES string of the molecule is Cc1nc2c(c(N3CC[NH+](C)CC3)n1)CN(C(=O)Nc1cccc(F)c1)CC2. The van der Waals surface area contributed by atoms with Crippen molar-refractivity contribution in [2.24, 2.45) is 0 Å². The molecule has 2 N–H and O–H groups in total. The number of piperazine rings is 1. The largest absolute Gasteiger partial charge is 0.345 e. The van der Waals surface area contributed by atoms with Crippen LogP contribution in [0.3, 0.4) is 0 Å². The first-order chi connectivity index (χ1) is 13.5. The maximum absolute atomic E-state index is 13.4. The summed E-state index contributed by atoms with van der Waals surface area (Å²) in [7, 11) is 2.20. The van der Waals surface area contributed by atoms with Gasteiger partial charge in [-0.2, -0.15) is 0 Å².